The van der Waals surface area contributed by atoms with Crippen molar-refractivity contribution in [2.24, 2.45) is 34.5 Å². The fourth-order valence-corrected chi connectivity index (χ4v) is 8.82. The van der Waals surface area contributed by atoms with Crippen LogP contribution < -0.4 is 0 Å². The molecule has 6 atom stereocenters. The lowest BCUT2D eigenvalue weighted by molar-refractivity contribution is -0.127. The van der Waals surface area contributed by atoms with Crippen molar-refractivity contribution in [2.75, 3.05) is 13.1 Å². The Labute approximate surface area is 182 Å². The van der Waals surface area contributed by atoms with Gasteiger partial charge in [-0.25, -0.2) is 0 Å². The SMILES string of the molecule is CC(=O)C1=C(N2CCCC2)CC[C@@]2(C)C1=CC[C@H]1[C@@H]3CC[C@H](C(C)=O)[C@@]3(C)CC[C@@H]12. The Balaban J connectivity index is 1.53. The maximum absolute atomic E-state index is 12.9. The fourth-order valence-electron chi connectivity index (χ4n) is 8.82. The topological polar surface area (TPSA) is 37.4 Å². The number of hydrogen-bond donors (Lipinski definition) is 0. The van der Waals surface area contributed by atoms with Gasteiger partial charge >= 0.3 is 0 Å². The Bertz CT molecular complexity index is 832. The predicted molar refractivity (Wildman–Crippen MR) is 120 cm³/mol. The van der Waals surface area contributed by atoms with Gasteiger partial charge in [0.1, 0.15) is 5.78 Å². The van der Waals surface area contributed by atoms with E-state index in [0.717, 1.165) is 37.9 Å². The highest BCUT2D eigenvalue weighted by Crippen LogP contribution is 2.66. The highest BCUT2D eigenvalue weighted by molar-refractivity contribution is 5.99. The lowest BCUT2D eigenvalue weighted by Gasteiger charge is -2.58. The average Bonchev–Trinajstić information content (AvgIpc) is 3.33. The zero-order valence-electron chi connectivity index (χ0n) is 19.4. The molecule has 164 valence electrons. The molecular formula is C27H39NO2. The number of Topliss-reactive ketones (excluding diaryl/α,β-unsaturated/α-hetero) is 2. The van der Waals surface area contributed by atoms with Gasteiger partial charge in [-0.05, 0) is 106 Å². The molecule has 30 heavy (non-hydrogen) atoms. The predicted octanol–water partition coefficient (Wildman–Crippen LogP) is 5.70. The second-order valence-electron chi connectivity index (χ2n) is 11.5. The summed E-state index contributed by atoms with van der Waals surface area (Å²) >= 11 is 0. The van der Waals surface area contributed by atoms with Gasteiger partial charge < -0.3 is 4.90 Å². The molecular weight excluding hydrogens is 370 g/mol. The standard InChI is InChI=1S/C27H39NO2/c1-17(29)20-9-10-21-19-7-8-23-25(18(2)30)24(28-15-5-6-16-28)12-14-27(23,4)22(19)11-13-26(20,21)3/h8,19-22H,5-7,9-16H2,1-4H3/t19-,20+,21-,22-,26+,27+/m0/s1. The van der Waals surface area contributed by atoms with Crippen LogP contribution in [0.3, 0.4) is 0 Å². The summed E-state index contributed by atoms with van der Waals surface area (Å²) in [5, 5.41) is 0. The highest BCUT2D eigenvalue weighted by Gasteiger charge is 2.59. The van der Waals surface area contributed by atoms with Crippen molar-refractivity contribution in [2.45, 2.75) is 85.5 Å². The first-order valence-corrected chi connectivity index (χ1v) is 12.5. The van der Waals surface area contributed by atoms with Crippen molar-refractivity contribution >= 4 is 11.6 Å². The third kappa shape index (κ3) is 2.76. The number of carbonyl (C=O) groups is 2. The Morgan fingerprint density at radius 3 is 2.40 bits per heavy atom. The van der Waals surface area contributed by atoms with E-state index in [1.807, 2.05) is 6.92 Å². The van der Waals surface area contributed by atoms with Crippen LogP contribution in [0, 0.1) is 34.5 Å². The van der Waals surface area contributed by atoms with Crippen LogP contribution in [0.15, 0.2) is 22.9 Å². The summed E-state index contributed by atoms with van der Waals surface area (Å²) in [4.78, 5) is 27.8. The van der Waals surface area contributed by atoms with Crippen molar-refractivity contribution in [1.29, 1.82) is 0 Å². The molecule has 0 radical (unpaired) electrons. The molecule has 0 unspecified atom stereocenters. The molecule has 2 saturated carbocycles. The third-order valence-corrected chi connectivity index (χ3v) is 10.2. The zero-order valence-corrected chi connectivity index (χ0v) is 19.4. The van der Waals surface area contributed by atoms with Crippen LogP contribution in [0.25, 0.3) is 0 Å². The molecule has 5 rings (SSSR count). The molecule has 0 N–H and O–H groups in total. The number of likely N-dealkylation sites (tertiary alicyclic amines) is 1. The van der Waals surface area contributed by atoms with Gasteiger partial charge in [0.15, 0.2) is 5.78 Å². The molecule has 0 amide bonds. The Morgan fingerprint density at radius 1 is 1.00 bits per heavy atom. The van der Waals surface area contributed by atoms with Crippen molar-refractivity contribution in [3.8, 4) is 0 Å². The van der Waals surface area contributed by atoms with Crippen molar-refractivity contribution < 1.29 is 9.59 Å². The monoisotopic (exact) mass is 409 g/mol. The second-order valence-corrected chi connectivity index (χ2v) is 11.5. The Kier molecular flexibility index (Phi) is 4.83. The van der Waals surface area contributed by atoms with Crippen LogP contribution in [-0.2, 0) is 9.59 Å². The summed E-state index contributed by atoms with van der Waals surface area (Å²) in [6.07, 6.45) is 13.0. The summed E-state index contributed by atoms with van der Waals surface area (Å²) < 4.78 is 0. The van der Waals surface area contributed by atoms with Crippen LogP contribution >= 0.6 is 0 Å². The molecule has 3 fully saturated rings. The molecule has 0 spiro atoms. The van der Waals surface area contributed by atoms with Gasteiger partial charge in [-0.3, -0.25) is 9.59 Å². The summed E-state index contributed by atoms with van der Waals surface area (Å²) in [7, 11) is 0. The summed E-state index contributed by atoms with van der Waals surface area (Å²) in [6, 6.07) is 0. The number of rotatable bonds is 3. The van der Waals surface area contributed by atoms with Crippen LogP contribution in [0.1, 0.15) is 85.5 Å². The van der Waals surface area contributed by atoms with Gasteiger partial charge in [0, 0.05) is 30.3 Å². The van der Waals surface area contributed by atoms with Gasteiger partial charge in [0.05, 0.1) is 0 Å². The summed E-state index contributed by atoms with van der Waals surface area (Å²) in [6.45, 7) is 10.7. The van der Waals surface area contributed by atoms with Gasteiger partial charge in [0.2, 0.25) is 0 Å². The quantitative estimate of drug-likeness (QED) is 0.600. The van der Waals surface area contributed by atoms with Crippen molar-refractivity contribution in [3.05, 3.63) is 22.9 Å². The van der Waals surface area contributed by atoms with E-state index in [0.29, 0.717) is 23.5 Å². The molecule has 3 heteroatoms. The minimum Gasteiger partial charge on any atom is -0.374 e. The molecule has 1 heterocycles. The smallest absolute Gasteiger partial charge is 0.161 e. The van der Waals surface area contributed by atoms with Gasteiger partial charge in [-0.1, -0.05) is 19.9 Å². The number of hydrogen-bond acceptors (Lipinski definition) is 3. The molecule has 0 aromatic heterocycles. The number of fused-ring (bicyclic) bond motifs is 5. The summed E-state index contributed by atoms with van der Waals surface area (Å²) in [5.74, 6) is 2.96. The number of allylic oxidation sites excluding steroid dienone is 4. The molecule has 1 saturated heterocycles. The molecule has 3 nitrogen and oxygen atoms in total. The minimum atomic E-state index is 0.128. The van der Waals surface area contributed by atoms with E-state index in [9.17, 15) is 9.59 Å². The molecule has 0 aromatic rings. The zero-order chi connectivity index (χ0) is 21.3. The van der Waals surface area contributed by atoms with Gasteiger partial charge in [0.25, 0.3) is 0 Å². The maximum Gasteiger partial charge on any atom is 0.161 e. The van der Waals surface area contributed by atoms with E-state index >= 15 is 0 Å². The lowest BCUT2D eigenvalue weighted by atomic mass is 9.47. The van der Waals surface area contributed by atoms with Crippen molar-refractivity contribution in [3.63, 3.8) is 0 Å². The van der Waals surface area contributed by atoms with Gasteiger partial charge in [-0.15, -0.1) is 0 Å². The Morgan fingerprint density at radius 2 is 1.73 bits per heavy atom. The van der Waals surface area contributed by atoms with Crippen LogP contribution in [-0.4, -0.2) is 29.6 Å². The molecule has 0 bridgehead atoms. The maximum atomic E-state index is 12.9. The molecule has 0 aromatic carbocycles. The first kappa shape index (κ1) is 20.5. The molecule has 5 aliphatic rings. The fraction of sp³-hybridized carbons (Fsp3) is 0.778. The van der Waals surface area contributed by atoms with E-state index in [4.69, 9.17) is 0 Å². The van der Waals surface area contributed by atoms with E-state index in [-0.39, 0.29) is 22.5 Å². The van der Waals surface area contributed by atoms with E-state index in [2.05, 4.69) is 24.8 Å². The summed E-state index contributed by atoms with van der Waals surface area (Å²) in [5.41, 5.74) is 4.13. The largest absolute Gasteiger partial charge is 0.374 e. The minimum absolute atomic E-state index is 0.128. The van der Waals surface area contributed by atoms with Gasteiger partial charge in [-0.2, -0.15) is 0 Å². The van der Waals surface area contributed by atoms with Crippen molar-refractivity contribution in [1.82, 2.24) is 4.90 Å². The van der Waals surface area contributed by atoms with Crippen LogP contribution in [0.4, 0.5) is 0 Å². The van der Waals surface area contributed by atoms with Crippen LogP contribution in [0.2, 0.25) is 0 Å². The van der Waals surface area contributed by atoms with E-state index in [1.54, 1.807) is 6.92 Å². The highest BCUT2D eigenvalue weighted by atomic mass is 16.1. The Hall–Kier alpha value is -1.38. The first-order chi connectivity index (χ1) is 14.3. The van der Waals surface area contributed by atoms with E-state index < -0.39 is 0 Å². The first-order valence-electron chi connectivity index (χ1n) is 12.5. The van der Waals surface area contributed by atoms with E-state index in [1.165, 1.54) is 49.8 Å². The molecule has 4 aliphatic carbocycles. The molecule has 1 aliphatic heterocycles. The second kappa shape index (κ2) is 7.07. The number of nitrogens with zero attached hydrogens (tertiary/aromatic N) is 1. The normalized spacial score (nSPS) is 43.1. The van der Waals surface area contributed by atoms with Crippen LogP contribution in [0.5, 0.6) is 0 Å². The third-order valence-electron chi connectivity index (χ3n) is 10.2. The number of ketones is 2. The average molecular weight is 410 g/mol. The number of carbonyl (C=O) groups excluding carboxylic acids is 2. The lowest BCUT2D eigenvalue weighted by Crippen LogP contribution is -2.51.